The first kappa shape index (κ1) is 19.4. The number of benzene rings is 2. The maximum absolute atomic E-state index is 12.5. The van der Waals surface area contributed by atoms with Gasteiger partial charge in [-0.3, -0.25) is 4.79 Å². The van der Waals surface area contributed by atoms with Crippen LogP contribution in [0.15, 0.2) is 42.5 Å². The second-order valence-electron chi connectivity index (χ2n) is 7.96. The van der Waals surface area contributed by atoms with Crippen LogP contribution in [0.3, 0.4) is 0 Å². The van der Waals surface area contributed by atoms with Crippen LogP contribution < -0.4 is 15.5 Å². The van der Waals surface area contributed by atoms with Gasteiger partial charge in [0.1, 0.15) is 0 Å². The summed E-state index contributed by atoms with van der Waals surface area (Å²) < 4.78 is 0. The molecule has 2 aromatic carbocycles. The highest BCUT2D eigenvalue weighted by atomic mass is 16.2. The van der Waals surface area contributed by atoms with Gasteiger partial charge in [0.15, 0.2) is 0 Å². The molecule has 0 atom stereocenters. The normalized spacial score (nSPS) is 13.5. The number of nitrogens with zero attached hydrogens (tertiary/aromatic N) is 2. The molecule has 28 heavy (non-hydrogen) atoms. The van der Waals surface area contributed by atoms with Crippen LogP contribution in [0.25, 0.3) is 0 Å². The molecule has 0 saturated heterocycles. The van der Waals surface area contributed by atoms with Gasteiger partial charge >= 0.3 is 6.03 Å². The molecule has 0 radical (unpaired) electrons. The number of nitriles is 1. The Morgan fingerprint density at radius 1 is 1.18 bits per heavy atom. The number of urea groups is 1. The van der Waals surface area contributed by atoms with Crippen LogP contribution in [0.5, 0.6) is 0 Å². The van der Waals surface area contributed by atoms with E-state index in [4.69, 9.17) is 5.26 Å². The van der Waals surface area contributed by atoms with Gasteiger partial charge in [-0.1, -0.05) is 12.1 Å². The summed E-state index contributed by atoms with van der Waals surface area (Å²) in [5.41, 5.74) is 3.73. The molecule has 0 aliphatic carbocycles. The first-order valence-electron chi connectivity index (χ1n) is 9.27. The highest BCUT2D eigenvalue weighted by Crippen LogP contribution is 2.31. The third kappa shape index (κ3) is 4.68. The van der Waals surface area contributed by atoms with Crippen molar-refractivity contribution in [2.24, 2.45) is 0 Å². The fourth-order valence-corrected chi connectivity index (χ4v) is 3.24. The first-order valence-corrected chi connectivity index (χ1v) is 9.27. The topological polar surface area (TPSA) is 85.2 Å². The van der Waals surface area contributed by atoms with E-state index in [2.05, 4.69) is 16.7 Å². The zero-order valence-electron chi connectivity index (χ0n) is 16.4. The fourth-order valence-electron chi connectivity index (χ4n) is 3.24. The Hall–Kier alpha value is -3.33. The van der Waals surface area contributed by atoms with E-state index >= 15 is 0 Å². The molecule has 144 valence electrons. The molecular formula is C22H24N4O2. The van der Waals surface area contributed by atoms with E-state index < -0.39 is 0 Å². The second kappa shape index (κ2) is 7.73. The van der Waals surface area contributed by atoms with Crippen LogP contribution in [0, 0.1) is 11.3 Å². The van der Waals surface area contributed by atoms with Crippen LogP contribution >= 0.6 is 0 Å². The van der Waals surface area contributed by atoms with E-state index in [-0.39, 0.29) is 17.5 Å². The molecule has 1 heterocycles. The van der Waals surface area contributed by atoms with E-state index in [0.717, 1.165) is 16.8 Å². The minimum atomic E-state index is -0.320. The largest absolute Gasteiger partial charge is 0.333 e. The molecule has 0 unspecified atom stereocenters. The van der Waals surface area contributed by atoms with E-state index in [0.29, 0.717) is 30.6 Å². The van der Waals surface area contributed by atoms with E-state index in [1.165, 1.54) is 0 Å². The monoisotopic (exact) mass is 376 g/mol. The van der Waals surface area contributed by atoms with Gasteiger partial charge in [0.05, 0.1) is 18.2 Å². The lowest BCUT2D eigenvalue weighted by atomic mass is 9.99. The van der Waals surface area contributed by atoms with Crippen LogP contribution in [-0.4, -0.2) is 17.5 Å². The number of fused-ring (bicyclic) bond motifs is 1. The van der Waals surface area contributed by atoms with Gasteiger partial charge in [0.25, 0.3) is 0 Å². The zero-order chi connectivity index (χ0) is 20.3. The zero-order valence-corrected chi connectivity index (χ0v) is 16.4. The maximum atomic E-state index is 12.5. The average Bonchev–Trinajstić information content (AvgIpc) is 2.62. The molecular weight excluding hydrogens is 352 g/mol. The Morgan fingerprint density at radius 2 is 1.96 bits per heavy atom. The molecule has 3 rings (SSSR count). The second-order valence-corrected chi connectivity index (χ2v) is 7.96. The van der Waals surface area contributed by atoms with Crippen molar-refractivity contribution in [1.29, 1.82) is 5.26 Å². The lowest BCUT2D eigenvalue weighted by Crippen LogP contribution is -2.43. The summed E-state index contributed by atoms with van der Waals surface area (Å²) in [4.78, 5) is 26.4. The maximum Gasteiger partial charge on any atom is 0.319 e. The molecule has 6 heteroatoms. The predicted octanol–water partition coefficient (Wildman–Crippen LogP) is 3.96. The molecule has 0 aromatic heterocycles. The van der Waals surface area contributed by atoms with Gasteiger partial charge in [-0.2, -0.15) is 5.26 Å². The van der Waals surface area contributed by atoms with Crippen molar-refractivity contribution in [1.82, 2.24) is 5.32 Å². The third-order valence-corrected chi connectivity index (χ3v) is 4.42. The smallest absolute Gasteiger partial charge is 0.319 e. The summed E-state index contributed by atoms with van der Waals surface area (Å²) in [6, 6.07) is 14.7. The van der Waals surface area contributed by atoms with Gasteiger partial charge in [-0.25, -0.2) is 4.79 Å². The predicted molar refractivity (Wildman–Crippen MR) is 109 cm³/mol. The summed E-state index contributed by atoms with van der Waals surface area (Å²) in [7, 11) is 0. The quantitative estimate of drug-likeness (QED) is 0.850. The molecule has 1 aliphatic heterocycles. The lowest BCUT2D eigenvalue weighted by molar-refractivity contribution is -0.119. The van der Waals surface area contributed by atoms with Gasteiger partial charge in [-0.05, 0) is 68.7 Å². The minimum absolute atomic E-state index is 0.0565. The van der Waals surface area contributed by atoms with Crippen molar-refractivity contribution in [3.63, 3.8) is 0 Å². The van der Waals surface area contributed by atoms with Crippen molar-refractivity contribution in [2.75, 3.05) is 10.2 Å². The summed E-state index contributed by atoms with van der Waals surface area (Å²) in [5, 5.41) is 14.8. The van der Waals surface area contributed by atoms with Gasteiger partial charge < -0.3 is 15.5 Å². The molecule has 1 aliphatic rings. The molecule has 0 spiro atoms. The molecule has 6 nitrogen and oxygen atoms in total. The molecule has 2 N–H and O–H groups in total. The number of amides is 3. The van der Waals surface area contributed by atoms with Crippen LogP contribution in [-0.2, 0) is 17.8 Å². The fraction of sp³-hybridized carbons (Fsp3) is 0.318. The van der Waals surface area contributed by atoms with Crippen molar-refractivity contribution < 1.29 is 9.59 Å². The number of carbonyl (C=O) groups excluding carboxylic acids is 2. The van der Waals surface area contributed by atoms with Crippen molar-refractivity contribution in [3.8, 4) is 6.07 Å². The van der Waals surface area contributed by atoms with Gasteiger partial charge in [0, 0.05) is 23.3 Å². The Kier molecular flexibility index (Phi) is 5.36. The van der Waals surface area contributed by atoms with Crippen LogP contribution in [0.1, 0.15) is 43.9 Å². The summed E-state index contributed by atoms with van der Waals surface area (Å²) in [6.45, 7) is 6.18. The summed E-state index contributed by atoms with van der Waals surface area (Å²) in [5.74, 6) is 0.0565. The van der Waals surface area contributed by atoms with Crippen LogP contribution in [0.4, 0.5) is 16.2 Å². The first-order chi connectivity index (χ1) is 13.2. The van der Waals surface area contributed by atoms with Crippen molar-refractivity contribution in [3.05, 3.63) is 59.2 Å². The highest BCUT2D eigenvalue weighted by molar-refractivity contribution is 5.97. The van der Waals surface area contributed by atoms with E-state index in [9.17, 15) is 9.59 Å². The summed E-state index contributed by atoms with van der Waals surface area (Å²) in [6.07, 6.45) is 1.06. The van der Waals surface area contributed by atoms with Gasteiger partial charge in [0.2, 0.25) is 5.91 Å². The number of hydrogen-bond acceptors (Lipinski definition) is 3. The molecule has 3 amide bonds. The third-order valence-electron chi connectivity index (χ3n) is 4.42. The van der Waals surface area contributed by atoms with E-state index in [1.807, 2.05) is 45.0 Å². The molecule has 0 fully saturated rings. The molecule has 0 bridgehead atoms. The number of carbonyl (C=O) groups is 2. The lowest BCUT2D eigenvalue weighted by Gasteiger charge is -2.30. The highest BCUT2D eigenvalue weighted by Gasteiger charge is 2.25. The number of hydrogen-bond donors (Lipinski definition) is 2. The average molecular weight is 376 g/mol. The Bertz CT molecular complexity index is 954. The van der Waals surface area contributed by atoms with Crippen LogP contribution in [0.2, 0.25) is 0 Å². The number of rotatable bonds is 3. The Morgan fingerprint density at radius 3 is 2.68 bits per heavy atom. The Balaban J connectivity index is 1.80. The Labute approximate surface area is 165 Å². The molecule has 2 aromatic rings. The standard InChI is InChI=1S/C22H24N4O2/c1-22(2,3)25-21(28)24-18-8-9-19-17(12-18)7-10-20(27)26(19)14-16-6-4-5-15(11-16)13-23/h4-6,8-9,11-12H,7,10,14H2,1-3H3,(H2,24,25,28). The minimum Gasteiger partial charge on any atom is -0.333 e. The van der Waals surface area contributed by atoms with Crippen molar-refractivity contribution in [2.45, 2.75) is 45.7 Å². The number of nitrogens with one attached hydrogen (secondary N) is 2. The van der Waals surface area contributed by atoms with Gasteiger partial charge in [-0.15, -0.1) is 0 Å². The summed E-state index contributed by atoms with van der Waals surface area (Å²) >= 11 is 0. The van der Waals surface area contributed by atoms with E-state index in [1.54, 1.807) is 23.1 Å². The number of aryl methyl sites for hydroxylation is 1. The molecule has 0 saturated carbocycles. The SMILES string of the molecule is CC(C)(C)NC(=O)Nc1ccc2c(c1)CCC(=O)N2Cc1cccc(C#N)c1. The number of anilines is 2. The van der Waals surface area contributed by atoms with Crippen molar-refractivity contribution >= 4 is 23.3 Å².